The van der Waals surface area contributed by atoms with Crippen molar-refractivity contribution < 1.29 is 9.67 Å². The van der Waals surface area contributed by atoms with Crippen molar-refractivity contribution in [3.8, 4) is 0 Å². The zero-order chi connectivity index (χ0) is 11.1. The lowest BCUT2D eigenvalue weighted by Gasteiger charge is -2.12. The summed E-state index contributed by atoms with van der Waals surface area (Å²) in [5, 5.41) is 9.57. The van der Waals surface area contributed by atoms with Crippen LogP contribution in [0, 0.1) is 0 Å². The van der Waals surface area contributed by atoms with E-state index in [0.29, 0.717) is 12.6 Å². The predicted molar refractivity (Wildman–Crippen MR) is 64.0 cm³/mol. The molecule has 1 aromatic carbocycles. The van der Waals surface area contributed by atoms with Crippen molar-refractivity contribution in [2.75, 3.05) is 12.8 Å². The molecule has 0 spiro atoms. The number of aliphatic hydroxyl groups excluding tert-OH is 1. The molecule has 80 valence electrons. The molecule has 0 aliphatic heterocycles. The van der Waals surface area contributed by atoms with Gasteiger partial charge in [-0.3, -0.25) is 0 Å². The van der Waals surface area contributed by atoms with E-state index >= 15 is 0 Å². The second-order valence-corrected chi connectivity index (χ2v) is 6.08. The highest BCUT2D eigenvalue weighted by Crippen LogP contribution is 2.46. The summed E-state index contributed by atoms with van der Waals surface area (Å²) < 4.78 is 12.5. The van der Waals surface area contributed by atoms with Crippen molar-refractivity contribution in [2.24, 2.45) is 0 Å². The first-order chi connectivity index (χ1) is 7.23. The van der Waals surface area contributed by atoms with Gasteiger partial charge in [0.05, 0.1) is 0 Å². The third kappa shape index (κ3) is 3.21. The van der Waals surface area contributed by atoms with Crippen LogP contribution in [0.5, 0.6) is 0 Å². The van der Waals surface area contributed by atoms with Gasteiger partial charge in [-0.25, -0.2) is 0 Å². The van der Waals surface area contributed by atoms with E-state index in [1.807, 2.05) is 30.3 Å². The summed E-state index contributed by atoms with van der Waals surface area (Å²) in [6.07, 6.45) is 1.00. The first kappa shape index (κ1) is 12.0. The number of hydrogen-bond acceptors (Lipinski definition) is 2. The Morgan fingerprint density at radius 1 is 1.40 bits per heavy atom. The molecule has 1 aromatic rings. The lowest BCUT2D eigenvalue weighted by Crippen LogP contribution is -2.06. The van der Waals surface area contributed by atoms with Crippen molar-refractivity contribution in [2.45, 2.75) is 6.42 Å². The normalized spacial score (nSPS) is 13.9. The van der Waals surface area contributed by atoms with Gasteiger partial charge >= 0.3 is 0 Å². The van der Waals surface area contributed by atoms with Crippen LogP contribution >= 0.6 is 7.14 Å². The van der Waals surface area contributed by atoms with E-state index in [-0.39, 0.29) is 6.61 Å². The van der Waals surface area contributed by atoms with Gasteiger partial charge in [0.25, 0.3) is 0 Å². The van der Waals surface area contributed by atoms with Crippen LogP contribution in [-0.2, 0) is 4.57 Å². The summed E-state index contributed by atoms with van der Waals surface area (Å²) in [6, 6.07) is 9.28. The Hall–Kier alpha value is -1.07. The molecule has 1 rings (SSSR count). The highest BCUT2D eigenvalue weighted by molar-refractivity contribution is 7.74. The summed E-state index contributed by atoms with van der Waals surface area (Å²) in [4.78, 5) is 0. The number of rotatable bonds is 5. The van der Waals surface area contributed by atoms with E-state index in [0.717, 1.165) is 5.30 Å². The van der Waals surface area contributed by atoms with E-state index < -0.39 is 7.14 Å². The molecule has 0 saturated carbocycles. The van der Waals surface area contributed by atoms with Gasteiger partial charge in [-0.05, 0) is 6.42 Å². The summed E-state index contributed by atoms with van der Waals surface area (Å²) in [5.74, 6) is 1.54. The molecular weight excluding hydrogens is 207 g/mol. The number of hydrogen-bond donors (Lipinski definition) is 1. The number of aliphatic hydroxyl groups is 1. The second-order valence-electron chi connectivity index (χ2n) is 3.27. The first-order valence-corrected chi connectivity index (χ1v) is 6.81. The highest BCUT2D eigenvalue weighted by Gasteiger charge is 2.20. The average Bonchev–Trinajstić information content (AvgIpc) is 2.28. The maximum absolute atomic E-state index is 12.5. The monoisotopic (exact) mass is 222 g/mol. The SMILES string of the molecule is C=C=CP(=O)(CCCO)c1ccccc1. The topological polar surface area (TPSA) is 37.3 Å². The van der Waals surface area contributed by atoms with Crippen molar-refractivity contribution in [3.63, 3.8) is 0 Å². The van der Waals surface area contributed by atoms with E-state index in [9.17, 15) is 4.57 Å². The molecule has 0 radical (unpaired) electrons. The number of benzene rings is 1. The van der Waals surface area contributed by atoms with Crippen molar-refractivity contribution in [1.29, 1.82) is 0 Å². The smallest absolute Gasteiger partial charge is 0.143 e. The van der Waals surface area contributed by atoms with Gasteiger partial charge in [-0.1, -0.05) is 36.9 Å². The third-order valence-corrected chi connectivity index (χ3v) is 4.89. The van der Waals surface area contributed by atoms with Crippen molar-refractivity contribution in [1.82, 2.24) is 0 Å². The molecule has 1 N–H and O–H groups in total. The fourth-order valence-corrected chi connectivity index (χ4v) is 3.52. The molecule has 0 aromatic heterocycles. The summed E-state index contributed by atoms with van der Waals surface area (Å²) in [5.41, 5.74) is 2.60. The molecule has 0 amide bonds. The largest absolute Gasteiger partial charge is 0.396 e. The van der Waals surface area contributed by atoms with Crippen LogP contribution in [0.25, 0.3) is 0 Å². The van der Waals surface area contributed by atoms with Gasteiger partial charge in [-0.15, -0.1) is 5.73 Å². The highest BCUT2D eigenvalue weighted by atomic mass is 31.2. The van der Waals surface area contributed by atoms with Crippen LogP contribution in [0.3, 0.4) is 0 Å². The third-order valence-electron chi connectivity index (χ3n) is 2.14. The molecule has 1 unspecified atom stereocenters. The maximum Gasteiger partial charge on any atom is 0.143 e. The lowest BCUT2D eigenvalue weighted by atomic mass is 10.4. The first-order valence-electron chi connectivity index (χ1n) is 4.85. The van der Waals surface area contributed by atoms with Gasteiger partial charge in [0.1, 0.15) is 7.14 Å². The Kier molecular flexibility index (Phi) is 4.58. The molecular formula is C12H15O2P. The Balaban J connectivity index is 3.02. The lowest BCUT2D eigenvalue weighted by molar-refractivity contribution is 0.295. The van der Waals surface area contributed by atoms with Gasteiger partial charge < -0.3 is 9.67 Å². The average molecular weight is 222 g/mol. The molecule has 0 saturated heterocycles. The van der Waals surface area contributed by atoms with Crippen LogP contribution in [-0.4, -0.2) is 17.9 Å². The molecule has 1 atom stereocenters. The zero-order valence-electron chi connectivity index (χ0n) is 8.60. The fraction of sp³-hybridized carbons (Fsp3) is 0.250. The van der Waals surface area contributed by atoms with Crippen molar-refractivity contribution in [3.05, 3.63) is 48.5 Å². The maximum atomic E-state index is 12.5. The quantitative estimate of drug-likeness (QED) is 0.613. The Morgan fingerprint density at radius 3 is 2.60 bits per heavy atom. The molecule has 0 heterocycles. The zero-order valence-corrected chi connectivity index (χ0v) is 9.49. The predicted octanol–water partition coefficient (Wildman–Crippen LogP) is 2.36. The molecule has 0 fully saturated rings. The van der Waals surface area contributed by atoms with Crippen molar-refractivity contribution >= 4 is 12.4 Å². The van der Waals surface area contributed by atoms with E-state index in [2.05, 4.69) is 12.3 Å². The van der Waals surface area contributed by atoms with Gasteiger partial charge in [0.15, 0.2) is 0 Å². The minimum atomic E-state index is -2.55. The van der Waals surface area contributed by atoms with E-state index in [1.165, 1.54) is 5.82 Å². The summed E-state index contributed by atoms with van der Waals surface area (Å²) >= 11 is 0. The Morgan fingerprint density at radius 2 is 2.07 bits per heavy atom. The molecule has 0 bridgehead atoms. The minimum Gasteiger partial charge on any atom is -0.396 e. The summed E-state index contributed by atoms with van der Waals surface area (Å²) in [6.45, 7) is 3.52. The van der Waals surface area contributed by atoms with E-state index in [4.69, 9.17) is 5.11 Å². The second kappa shape index (κ2) is 5.72. The van der Waals surface area contributed by atoms with Crippen LogP contribution in [0.1, 0.15) is 6.42 Å². The van der Waals surface area contributed by atoms with Crippen LogP contribution in [0.15, 0.2) is 48.5 Å². The Labute approximate surface area is 90.3 Å². The van der Waals surface area contributed by atoms with Gasteiger partial charge in [0.2, 0.25) is 0 Å². The molecule has 2 nitrogen and oxygen atoms in total. The molecule has 3 heteroatoms. The molecule has 0 aliphatic rings. The Bertz CT molecular complexity index is 391. The summed E-state index contributed by atoms with van der Waals surface area (Å²) in [7, 11) is -2.55. The van der Waals surface area contributed by atoms with Gasteiger partial charge in [-0.2, -0.15) is 0 Å². The fourth-order valence-electron chi connectivity index (χ4n) is 1.40. The van der Waals surface area contributed by atoms with Crippen LogP contribution < -0.4 is 5.30 Å². The molecule has 0 aliphatic carbocycles. The van der Waals surface area contributed by atoms with Crippen LogP contribution in [0.4, 0.5) is 0 Å². The standard InChI is InChI=1S/C12H15O2P/c1-2-10-15(14,11-6-9-13)12-7-4-3-5-8-12/h3-5,7-8,10,13H,1,6,9,11H2. The van der Waals surface area contributed by atoms with Crippen LogP contribution in [0.2, 0.25) is 0 Å². The molecule has 15 heavy (non-hydrogen) atoms. The minimum absolute atomic E-state index is 0.0573. The van der Waals surface area contributed by atoms with Gasteiger partial charge in [0, 0.05) is 23.9 Å². The van der Waals surface area contributed by atoms with E-state index in [1.54, 1.807) is 0 Å².